The molecule has 24 heavy (non-hydrogen) atoms. The van der Waals surface area contributed by atoms with Crippen molar-refractivity contribution in [3.8, 4) is 11.5 Å². The number of rotatable bonds is 6. The van der Waals surface area contributed by atoms with Crippen LogP contribution in [0.1, 0.15) is 10.4 Å². The fourth-order valence-electron chi connectivity index (χ4n) is 2.16. The number of hydrogen-bond acceptors (Lipinski definition) is 7. The lowest BCUT2D eigenvalue weighted by atomic mass is 10.1. The number of nitrogens with zero attached hydrogens (tertiary/aromatic N) is 1. The number of methoxy groups -OCH3 is 3. The zero-order chi connectivity index (χ0) is 17.7. The van der Waals surface area contributed by atoms with E-state index in [1.807, 2.05) is 0 Å². The molecule has 1 heterocycles. The van der Waals surface area contributed by atoms with Gasteiger partial charge in [0.1, 0.15) is 6.54 Å². The van der Waals surface area contributed by atoms with Crippen LogP contribution in [0.3, 0.4) is 0 Å². The normalized spacial score (nSPS) is 13.6. The van der Waals surface area contributed by atoms with Gasteiger partial charge in [-0.15, -0.1) is 11.8 Å². The van der Waals surface area contributed by atoms with Crippen LogP contribution in [-0.4, -0.2) is 62.2 Å². The smallest absolute Gasteiger partial charge is 0.340 e. The Labute approximate surface area is 143 Å². The number of anilines is 1. The summed E-state index contributed by atoms with van der Waals surface area (Å²) in [6.07, 6.45) is 0. The van der Waals surface area contributed by atoms with Crippen LogP contribution in [0.5, 0.6) is 11.5 Å². The average molecular weight is 354 g/mol. The fraction of sp³-hybridized carbons (Fsp3) is 0.400. The summed E-state index contributed by atoms with van der Waals surface area (Å²) < 4.78 is 15.1. The summed E-state index contributed by atoms with van der Waals surface area (Å²) in [6.45, 7) is -0.0825. The monoisotopic (exact) mass is 354 g/mol. The summed E-state index contributed by atoms with van der Waals surface area (Å²) >= 11 is 1.45. The van der Waals surface area contributed by atoms with Gasteiger partial charge in [0.15, 0.2) is 11.5 Å². The standard InChI is InChI=1S/C15H18N2O6S/c1-21-11-4-9(15(20)23-3)10(5-12(11)22-2)16-13(18)6-17-8-24-7-14(17)19/h4-5H,6-8H2,1-3H3,(H,16,18). The summed E-state index contributed by atoms with van der Waals surface area (Å²) in [7, 11) is 4.12. The van der Waals surface area contributed by atoms with Gasteiger partial charge in [-0.05, 0) is 0 Å². The molecule has 0 saturated carbocycles. The van der Waals surface area contributed by atoms with E-state index in [0.717, 1.165) is 0 Å². The van der Waals surface area contributed by atoms with Crippen molar-refractivity contribution < 1.29 is 28.6 Å². The first-order chi connectivity index (χ1) is 11.5. The average Bonchev–Trinajstić information content (AvgIpc) is 2.98. The molecule has 1 aliphatic rings. The van der Waals surface area contributed by atoms with Crippen LogP contribution in [0.15, 0.2) is 12.1 Å². The first-order valence-corrected chi connectivity index (χ1v) is 8.15. The maximum atomic E-state index is 12.2. The Hall–Kier alpha value is -2.42. The van der Waals surface area contributed by atoms with Gasteiger partial charge in [-0.1, -0.05) is 0 Å². The van der Waals surface area contributed by atoms with E-state index < -0.39 is 11.9 Å². The molecule has 2 rings (SSSR count). The van der Waals surface area contributed by atoms with Crippen LogP contribution in [0.25, 0.3) is 0 Å². The molecular weight excluding hydrogens is 336 g/mol. The molecule has 1 fully saturated rings. The Morgan fingerprint density at radius 3 is 2.42 bits per heavy atom. The summed E-state index contributed by atoms with van der Waals surface area (Å²) in [5, 5.41) is 2.62. The van der Waals surface area contributed by atoms with E-state index in [4.69, 9.17) is 14.2 Å². The SMILES string of the molecule is COC(=O)c1cc(OC)c(OC)cc1NC(=O)CN1CSCC1=O. The maximum Gasteiger partial charge on any atom is 0.340 e. The predicted molar refractivity (Wildman–Crippen MR) is 88.6 cm³/mol. The lowest BCUT2D eigenvalue weighted by molar-refractivity contribution is -0.130. The molecule has 0 aromatic heterocycles. The number of ether oxygens (including phenoxy) is 3. The van der Waals surface area contributed by atoms with Crippen LogP contribution in [0.4, 0.5) is 5.69 Å². The topological polar surface area (TPSA) is 94.2 Å². The summed E-state index contributed by atoms with van der Waals surface area (Å²) in [5.41, 5.74) is 0.356. The Morgan fingerprint density at radius 1 is 1.21 bits per heavy atom. The van der Waals surface area contributed by atoms with Crippen LogP contribution >= 0.6 is 11.8 Å². The molecule has 1 aromatic rings. The van der Waals surface area contributed by atoms with Crippen LogP contribution in [-0.2, 0) is 14.3 Å². The molecule has 0 radical (unpaired) electrons. The third-order valence-electron chi connectivity index (χ3n) is 3.36. The lowest BCUT2D eigenvalue weighted by Gasteiger charge is -2.17. The molecule has 1 N–H and O–H groups in total. The number of amides is 2. The number of carbonyl (C=O) groups is 3. The van der Waals surface area contributed by atoms with Crippen LogP contribution in [0.2, 0.25) is 0 Å². The highest BCUT2D eigenvalue weighted by Crippen LogP contribution is 2.33. The molecule has 0 atom stereocenters. The van der Waals surface area contributed by atoms with Gasteiger partial charge in [0.2, 0.25) is 11.8 Å². The summed E-state index contributed by atoms with van der Waals surface area (Å²) in [6, 6.07) is 2.90. The van der Waals surface area contributed by atoms with Gasteiger partial charge in [-0.3, -0.25) is 9.59 Å². The van der Waals surface area contributed by atoms with Gasteiger partial charge >= 0.3 is 5.97 Å². The van der Waals surface area contributed by atoms with Crippen molar-refractivity contribution in [2.75, 3.05) is 44.8 Å². The third kappa shape index (κ3) is 3.91. The number of benzene rings is 1. The third-order valence-corrected chi connectivity index (χ3v) is 4.31. The van der Waals surface area contributed by atoms with Crippen molar-refractivity contribution in [2.24, 2.45) is 0 Å². The second-order valence-corrected chi connectivity index (χ2v) is 5.82. The molecular formula is C15H18N2O6S. The minimum atomic E-state index is -0.626. The highest BCUT2D eigenvalue weighted by molar-refractivity contribution is 8.00. The second kappa shape index (κ2) is 7.91. The first-order valence-electron chi connectivity index (χ1n) is 6.99. The van der Waals surface area contributed by atoms with Crippen molar-refractivity contribution in [3.05, 3.63) is 17.7 Å². The van der Waals surface area contributed by atoms with Gasteiger partial charge in [0.25, 0.3) is 0 Å². The minimum Gasteiger partial charge on any atom is -0.493 e. The van der Waals surface area contributed by atoms with Crippen molar-refractivity contribution in [2.45, 2.75) is 0 Å². The largest absolute Gasteiger partial charge is 0.493 e. The molecule has 0 bridgehead atoms. The minimum absolute atomic E-state index is 0.0825. The Bertz CT molecular complexity index is 664. The predicted octanol–water partition coefficient (Wildman–Crippen LogP) is 0.962. The fourth-order valence-corrected chi connectivity index (χ4v) is 3.07. The molecule has 2 amide bonds. The van der Waals surface area contributed by atoms with Crippen molar-refractivity contribution in [1.29, 1.82) is 0 Å². The number of hydrogen-bond donors (Lipinski definition) is 1. The van der Waals surface area contributed by atoms with E-state index in [1.165, 1.54) is 50.1 Å². The van der Waals surface area contributed by atoms with Gasteiger partial charge in [-0.25, -0.2) is 4.79 Å². The summed E-state index contributed by atoms with van der Waals surface area (Å²) in [5.74, 6) is 0.409. The second-order valence-electron chi connectivity index (χ2n) is 4.86. The van der Waals surface area contributed by atoms with Gasteiger partial charge in [-0.2, -0.15) is 0 Å². The number of esters is 1. The zero-order valence-electron chi connectivity index (χ0n) is 13.6. The highest BCUT2D eigenvalue weighted by atomic mass is 32.2. The van der Waals surface area contributed by atoms with Crippen molar-refractivity contribution >= 4 is 35.2 Å². The van der Waals surface area contributed by atoms with Crippen LogP contribution < -0.4 is 14.8 Å². The van der Waals surface area contributed by atoms with E-state index in [0.29, 0.717) is 23.1 Å². The number of thioether (sulfide) groups is 1. The van der Waals surface area contributed by atoms with Gasteiger partial charge in [0.05, 0.1) is 44.2 Å². The van der Waals surface area contributed by atoms with Crippen LogP contribution in [0, 0.1) is 0 Å². The zero-order valence-corrected chi connectivity index (χ0v) is 14.4. The Morgan fingerprint density at radius 2 is 1.88 bits per heavy atom. The molecule has 130 valence electrons. The van der Waals surface area contributed by atoms with E-state index in [-0.39, 0.29) is 23.7 Å². The highest BCUT2D eigenvalue weighted by Gasteiger charge is 2.24. The maximum absolute atomic E-state index is 12.2. The van der Waals surface area contributed by atoms with Crippen molar-refractivity contribution in [3.63, 3.8) is 0 Å². The molecule has 1 aromatic carbocycles. The van der Waals surface area contributed by atoms with E-state index in [2.05, 4.69) is 5.32 Å². The quantitative estimate of drug-likeness (QED) is 0.761. The number of nitrogens with one attached hydrogen (secondary N) is 1. The van der Waals surface area contributed by atoms with E-state index in [9.17, 15) is 14.4 Å². The van der Waals surface area contributed by atoms with E-state index >= 15 is 0 Å². The van der Waals surface area contributed by atoms with Crippen molar-refractivity contribution in [1.82, 2.24) is 4.90 Å². The summed E-state index contributed by atoms with van der Waals surface area (Å²) in [4.78, 5) is 37.2. The van der Waals surface area contributed by atoms with Gasteiger partial charge in [0, 0.05) is 12.1 Å². The molecule has 0 unspecified atom stereocenters. The Balaban J connectivity index is 2.24. The molecule has 9 heteroatoms. The molecule has 1 saturated heterocycles. The molecule has 0 aliphatic carbocycles. The van der Waals surface area contributed by atoms with Gasteiger partial charge < -0.3 is 24.4 Å². The van der Waals surface area contributed by atoms with E-state index in [1.54, 1.807) is 0 Å². The molecule has 8 nitrogen and oxygen atoms in total. The Kier molecular flexibility index (Phi) is 5.91. The molecule has 0 spiro atoms. The first kappa shape index (κ1) is 17.9. The lowest BCUT2D eigenvalue weighted by Crippen LogP contribution is -2.34. The molecule has 1 aliphatic heterocycles. The number of carbonyl (C=O) groups excluding carboxylic acids is 3.